The van der Waals surface area contributed by atoms with Crippen LogP contribution in [-0.4, -0.2) is 7.11 Å². The molecule has 0 N–H and O–H groups in total. The number of halogens is 1. The van der Waals surface area contributed by atoms with Gasteiger partial charge >= 0.3 is 0 Å². The maximum absolute atomic E-state index is 5.69. The lowest BCUT2D eigenvalue weighted by Gasteiger charge is -2.11. The zero-order chi connectivity index (χ0) is 14.0. The molecular formula is C16H19BrO2. The summed E-state index contributed by atoms with van der Waals surface area (Å²) in [7, 11) is 1.69. The van der Waals surface area contributed by atoms with Crippen molar-refractivity contribution < 1.29 is 9.15 Å². The van der Waals surface area contributed by atoms with Crippen molar-refractivity contribution in [3.63, 3.8) is 0 Å². The second-order valence-corrected chi connectivity index (χ2v) is 5.88. The van der Waals surface area contributed by atoms with E-state index in [-0.39, 0.29) is 4.83 Å². The summed E-state index contributed by atoms with van der Waals surface area (Å²) >= 11 is 3.78. The Labute approximate surface area is 122 Å². The van der Waals surface area contributed by atoms with Gasteiger partial charge in [-0.25, -0.2) is 0 Å². The fourth-order valence-electron chi connectivity index (χ4n) is 2.38. The van der Waals surface area contributed by atoms with Crippen molar-refractivity contribution >= 4 is 15.9 Å². The molecule has 2 rings (SSSR count). The van der Waals surface area contributed by atoms with Crippen molar-refractivity contribution in [1.29, 1.82) is 0 Å². The van der Waals surface area contributed by atoms with Gasteiger partial charge in [0.2, 0.25) is 0 Å². The molecule has 2 aromatic rings. The third-order valence-corrected chi connectivity index (χ3v) is 4.26. The minimum absolute atomic E-state index is 0.261. The first-order chi connectivity index (χ1) is 9.02. The molecule has 19 heavy (non-hydrogen) atoms. The number of furan rings is 1. The first-order valence-corrected chi connectivity index (χ1v) is 7.28. The molecule has 1 atom stereocenters. The van der Waals surface area contributed by atoms with E-state index < -0.39 is 0 Å². The zero-order valence-corrected chi connectivity index (χ0v) is 13.4. The largest absolute Gasteiger partial charge is 0.497 e. The molecule has 1 aromatic carbocycles. The number of methoxy groups -OCH3 is 1. The highest BCUT2D eigenvalue weighted by Gasteiger charge is 2.19. The third-order valence-electron chi connectivity index (χ3n) is 3.48. The van der Waals surface area contributed by atoms with Crippen molar-refractivity contribution in [2.45, 2.75) is 32.0 Å². The van der Waals surface area contributed by atoms with E-state index in [2.05, 4.69) is 35.0 Å². The van der Waals surface area contributed by atoms with Gasteiger partial charge in [0.25, 0.3) is 0 Å². The summed E-state index contributed by atoms with van der Waals surface area (Å²) in [5, 5.41) is 0. The van der Waals surface area contributed by atoms with E-state index in [9.17, 15) is 0 Å². The Kier molecular flexibility index (Phi) is 4.35. The minimum Gasteiger partial charge on any atom is -0.497 e. The number of hydrogen-bond acceptors (Lipinski definition) is 2. The molecule has 0 saturated carbocycles. The van der Waals surface area contributed by atoms with Crippen LogP contribution in [0, 0.1) is 20.8 Å². The molecule has 0 amide bonds. The number of ether oxygens (including phenoxy) is 1. The summed E-state index contributed by atoms with van der Waals surface area (Å²) in [6.45, 7) is 6.15. The molecule has 2 nitrogen and oxygen atoms in total. The molecule has 0 aliphatic carbocycles. The Morgan fingerprint density at radius 2 is 1.95 bits per heavy atom. The van der Waals surface area contributed by atoms with Crippen LogP contribution in [0.1, 0.15) is 33.0 Å². The number of alkyl halides is 1. The first-order valence-electron chi connectivity index (χ1n) is 6.36. The Hall–Kier alpha value is -1.22. The second-order valence-electron chi connectivity index (χ2n) is 4.78. The molecule has 0 saturated heterocycles. The highest BCUT2D eigenvalue weighted by molar-refractivity contribution is 9.09. The van der Waals surface area contributed by atoms with E-state index in [1.165, 1.54) is 16.7 Å². The van der Waals surface area contributed by atoms with Crippen LogP contribution in [0.15, 0.2) is 28.7 Å². The lowest BCUT2D eigenvalue weighted by molar-refractivity contribution is 0.414. The van der Waals surface area contributed by atoms with Crippen LogP contribution in [0.3, 0.4) is 0 Å². The van der Waals surface area contributed by atoms with E-state index >= 15 is 0 Å². The predicted molar refractivity (Wildman–Crippen MR) is 81.3 cm³/mol. The molecule has 0 radical (unpaired) electrons. The monoisotopic (exact) mass is 322 g/mol. The fourth-order valence-corrected chi connectivity index (χ4v) is 3.42. The molecule has 3 heteroatoms. The maximum Gasteiger partial charge on any atom is 0.119 e. The third kappa shape index (κ3) is 3.03. The number of aryl methyl sites for hydroxylation is 2. The maximum atomic E-state index is 5.69. The van der Waals surface area contributed by atoms with Gasteiger partial charge in [-0.15, -0.1) is 0 Å². The normalized spacial score (nSPS) is 12.5. The standard InChI is InChI=1S/C16H19BrO2/c1-10-11(2)19-12(3)16(10)15(17)9-13-6-5-7-14(8-13)18-4/h5-8,15H,9H2,1-4H3. The smallest absolute Gasteiger partial charge is 0.119 e. The Balaban J connectivity index is 2.22. The fraction of sp³-hybridized carbons (Fsp3) is 0.375. The van der Waals surface area contributed by atoms with Gasteiger partial charge in [-0.1, -0.05) is 28.1 Å². The molecule has 0 bridgehead atoms. The van der Waals surface area contributed by atoms with E-state index in [0.717, 1.165) is 23.7 Å². The van der Waals surface area contributed by atoms with Crippen LogP contribution in [0.5, 0.6) is 5.75 Å². The van der Waals surface area contributed by atoms with Crippen LogP contribution in [0.4, 0.5) is 0 Å². The van der Waals surface area contributed by atoms with Crippen molar-refractivity contribution in [1.82, 2.24) is 0 Å². The van der Waals surface area contributed by atoms with Crippen molar-refractivity contribution in [3.05, 3.63) is 52.5 Å². The van der Waals surface area contributed by atoms with Crippen LogP contribution in [-0.2, 0) is 6.42 Å². The van der Waals surface area contributed by atoms with Gasteiger partial charge in [0.15, 0.2) is 0 Å². The summed E-state index contributed by atoms with van der Waals surface area (Å²) in [4.78, 5) is 0.261. The number of benzene rings is 1. The van der Waals surface area contributed by atoms with E-state index in [1.807, 2.05) is 26.0 Å². The van der Waals surface area contributed by atoms with Gasteiger partial charge < -0.3 is 9.15 Å². The van der Waals surface area contributed by atoms with Gasteiger partial charge in [-0.3, -0.25) is 0 Å². The molecule has 1 heterocycles. The first kappa shape index (κ1) is 14.2. The van der Waals surface area contributed by atoms with E-state index in [1.54, 1.807) is 7.11 Å². The lowest BCUT2D eigenvalue weighted by Crippen LogP contribution is -1.98. The second kappa shape index (κ2) is 5.83. The quantitative estimate of drug-likeness (QED) is 0.747. The topological polar surface area (TPSA) is 22.4 Å². The lowest BCUT2D eigenvalue weighted by atomic mass is 10.0. The predicted octanol–water partition coefficient (Wildman–Crippen LogP) is 4.89. The highest BCUT2D eigenvalue weighted by atomic mass is 79.9. The summed E-state index contributed by atoms with van der Waals surface area (Å²) in [5.41, 5.74) is 3.75. The molecule has 0 fully saturated rings. The van der Waals surface area contributed by atoms with Crippen molar-refractivity contribution in [2.75, 3.05) is 7.11 Å². The summed E-state index contributed by atoms with van der Waals surface area (Å²) in [5.74, 6) is 2.90. The van der Waals surface area contributed by atoms with E-state index in [0.29, 0.717) is 0 Å². The molecular weight excluding hydrogens is 304 g/mol. The van der Waals surface area contributed by atoms with Gasteiger partial charge in [0.05, 0.1) is 7.11 Å². The van der Waals surface area contributed by atoms with Crippen LogP contribution in [0.2, 0.25) is 0 Å². The summed E-state index contributed by atoms with van der Waals surface area (Å²) in [6, 6.07) is 8.18. The molecule has 0 aliphatic heterocycles. The highest BCUT2D eigenvalue weighted by Crippen LogP contribution is 2.35. The Morgan fingerprint density at radius 3 is 2.53 bits per heavy atom. The van der Waals surface area contributed by atoms with Gasteiger partial charge in [-0.2, -0.15) is 0 Å². The summed E-state index contributed by atoms with van der Waals surface area (Å²) < 4.78 is 11.0. The molecule has 0 aliphatic rings. The van der Waals surface area contributed by atoms with E-state index in [4.69, 9.17) is 9.15 Å². The van der Waals surface area contributed by atoms with Crippen LogP contribution in [0.25, 0.3) is 0 Å². The Bertz CT molecular complexity index is 572. The van der Waals surface area contributed by atoms with Gasteiger partial charge in [0.1, 0.15) is 17.3 Å². The molecule has 0 spiro atoms. The molecule has 102 valence electrons. The number of hydrogen-bond donors (Lipinski definition) is 0. The average molecular weight is 323 g/mol. The molecule has 1 aromatic heterocycles. The SMILES string of the molecule is COc1cccc(CC(Br)c2c(C)oc(C)c2C)c1. The molecule has 1 unspecified atom stereocenters. The van der Waals surface area contributed by atoms with Crippen molar-refractivity contribution in [2.24, 2.45) is 0 Å². The van der Waals surface area contributed by atoms with Gasteiger partial charge in [0, 0.05) is 10.4 Å². The summed E-state index contributed by atoms with van der Waals surface area (Å²) in [6.07, 6.45) is 0.915. The minimum atomic E-state index is 0.261. The average Bonchev–Trinajstić information content (AvgIpc) is 2.63. The van der Waals surface area contributed by atoms with Crippen LogP contribution >= 0.6 is 15.9 Å². The van der Waals surface area contributed by atoms with Crippen LogP contribution < -0.4 is 4.74 Å². The van der Waals surface area contributed by atoms with Crippen molar-refractivity contribution in [3.8, 4) is 5.75 Å². The number of rotatable bonds is 4. The zero-order valence-electron chi connectivity index (χ0n) is 11.8. The Morgan fingerprint density at radius 1 is 1.21 bits per heavy atom. The van der Waals surface area contributed by atoms with Gasteiger partial charge in [-0.05, 0) is 50.5 Å².